The number of nitrogens with zero attached hydrogens (tertiary/aromatic N) is 2. The summed E-state index contributed by atoms with van der Waals surface area (Å²) < 4.78 is 6.18. The molecule has 296 valence electrons. The first kappa shape index (κ1) is 41.4. The van der Waals surface area contributed by atoms with Crippen LogP contribution in [0.4, 0.5) is 0 Å². The van der Waals surface area contributed by atoms with Crippen molar-refractivity contribution in [1.29, 1.82) is 0 Å². The summed E-state index contributed by atoms with van der Waals surface area (Å²) >= 11 is 0. The van der Waals surface area contributed by atoms with Gasteiger partial charge in [-0.3, -0.25) is 19.3 Å². The highest BCUT2D eigenvalue weighted by atomic mass is 16.5. The van der Waals surface area contributed by atoms with E-state index in [1.54, 1.807) is 13.8 Å². The topological polar surface area (TPSA) is 107 Å². The van der Waals surface area contributed by atoms with Crippen LogP contribution in [0.1, 0.15) is 140 Å². The van der Waals surface area contributed by atoms with Crippen molar-refractivity contribution in [3.05, 3.63) is 11.1 Å². The van der Waals surface area contributed by atoms with Gasteiger partial charge in [0.2, 0.25) is 0 Å². The molecule has 5 aliphatic carbocycles. The Morgan fingerprint density at radius 2 is 1.54 bits per heavy atom. The fourth-order valence-electron chi connectivity index (χ4n) is 13.2. The Kier molecular flexibility index (Phi) is 11.2. The highest BCUT2D eigenvalue weighted by Gasteiger charge is 2.71. The van der Waals surface area contributed by atoms with Crippen LogP contribution in [0.5, 0.6) is 0 Å². The van der Waals surface area contributed by atoms with Crippen molar-refractivity contribution >= 4 is 17.7 Å². The van der Waals surface area contributed by atoms with Gasteiger partial charge >= 0.3 is 11.9 Å². The highest BCUT2D eigenvalue weighted by molar-refractivity contribution is 6.00. The number of carboxylic acid groups (broad SMARTS) is 1. The van der Waals surface area contributed by atoms with Crippen molar-refractivity contribution in [3.8, 4) is 0 Å². The Balaban J connectivity index is 1.45. The van der Waals surface area contributed by atoms with Gasteiger partial charge in [0.1, 0.15) is 6.10 Å². The zero-order valence-corrected chi connectivity index (χ0v) is 35.2. The second kappa shape index (κ2) is 14.1. The van der Waals surface area contributed by atoms with E-state index in [0.29, 0.717) is 30.8 Å². The molecule has 0 aliphatic heterocycles. The molecule has 0 radical (unpaired) electrons. The largest absolute Gasteiger partial charge is 0.481 e. The third-order valence-corrected chi connectivity index (χ3v) is 16.5. The van der Waals surface area contributed by atoms with Crippen molar-refractivity contribution in [3.63, 3.8) is 0 Å². The molecular formula is C44H74N2O6. The summed E-state index contributed by atoms with van der Waals surface area (Å²) in [6.45, 7) is 26.6. The van der Waals surface area contributed by atoms with Gasteiger partial charge in [-0.15, -0.1) is 0 Å². The fourth-order valence-corrected chi connectivity index (χ4v) is 13.2. The molecule has 0 bridgehead atoms. The lowest BCUT2D eigenvalue weighted by Gasteiger charge is -2.72. The maximum absolute atomic E-state index is 14.1. The molecule has 0 aromatic rings. The van der Waals surface area contributed by atoms with E-state index < -0.39 is 28.9 Å². The second-order valence-corrected chi connectivity index (χ2v) is 21.0. The predicted octanol–water partition coefficient (Wildman–Crippen LogP) is 8.01. The first-order valence-corrected chi connectivity index (χ1v) is 20.7. The molecular weight excluding hydrogens is 652 g/mol. The molecule has 0 aromatic heterocycles. The van der Waals surface area contributed by atoms with Gasteiger partial charge in [-0.25, -0.2) is 0 Å². The van der Waals surface area contributed by atoms with Crippen LogP contribution in [0.3, 0.4) is 0 Å². The van der Waals surface area contributed by atoms with Gasteiger partial charge in [-0.05, 0) is 139 Å². The van der Waals surface area contributed by atoms with Gasteiger partial charge in [0.25, 0.3) is 0 Å². The van der Waals surface area contributed by atoms with E-state index in [1.165, 1.54) is 5.57 Å². The van der Waals surface area contributed by atoms with E-state index in [4.69, 9.17) is 4.74 Å². The van der Waals surface area contributed by atoms with Gasteiger partial charge in [0, 0.05) is 42.9 Å². The lowest BCUT2D eigenvalue weighted by molar-refractivity contribution is -0.235. The van der Waals surface area contributed by atoms with E-state index in [-0.39, 0.29) is 51.8 Å². The number of ketones is 1. The molecule has 8 heteroatoms. The van der Waals surface area contributed by atoms with Crippen LogP contribution < -0.4 is 0 Å². The van der Waals surface area contributed by atoms with E-state index in [1.807, 2.05) is 0 Å². The van der Waals surface area contributed by atoms with Gasteiger partial charge in [0.15, 0.2) is 5.78 Å². The number of carbonyl (C=O) groups is 3. The average molecular weight is 727 g/mol. The molecule has 4 fully saturated rings. The minimum atomic E-state index is -1.16. The van der Waals surface area contributed by atoms with Crippen molar-refractivity contribution < 1.29 is 29.3 Å². The summed E-state index contributed by atoms with van der Waals surface area (Å²) in [6.07, 6.45) is 7.46. The zero-order chi connectivity index (χ0) is 39.0. The van der Waals surface area contributed by atoms with Crippen LogP contribution in [-0.4, -0.2) is 89.7 Å². The number of allylic oxidation sites excluding steroid dienone is 1. The fraction of sp³-hybridized carbons (Fsp3) is 0.886. The maximum Gasteiger partial charge on any atom is 0.309 e. The standard InChI is InChI=1S/C44H74N2O6/c1-27(2)36-30(47)24-44(33(48)26-46(28(3)4)23-22-45(12)13)21-20-42(10)29(37(36)44)14-15-32-41(9)18-17-34(52-35(49)25-39(5,6)38(50)51)40(7,8)31(41)16-19-43(32,42)11/h27-29,31-34,48H,14-26H2,1-13H3,(H,50,51)/t29-,31?,32?,33-,34+,41+,42-,43-,44+/m1/s1. The van der Waals surface area contributed by atoms with Crippen LogP contribution in [0.25, 0.3) is 0 Å². The number of likely N-dealkylation sites (N-methyl/N-ethyl adjacent to an activating group) is 1. The minimum absolute atomic E-state index is 0.00569. The molecule has 5 rings (SSSR count). The Hall–Kier alpha value is -1.77. The Morgan fingerprint density at radius 1 is 0.885 bits per heavy atom. The summed E-state index contributed by atoms with van der Waals surface area (Å²) in [5.41, 5.74) is 0.621. The average Bonchev–Trinajstić information content (AvgIpc) is 3.33. The van der Waals surface area contributed by atoms with E-state index in [0.717, 1.165) is 70.0 Å². The van der Waals surface area contributed by atoms with Gasteiger partial charge < -0.3 is 19.8 Å². The number of ether oxygens (including phenoxy) is 1. The number of rotatable bonds is 12. The lowest BCUT2D eigenvalue weighted by atomic mass is 9.33. The van der Waals surface area contributed by atoms with Crippen LogP contribution in [0, 0.1) is 56.2 Å². The first-order valence-electron chi connectivity index (χ1n) is 20.7. The predicted molar refractivity (Wildman–Crippen MR) is 207 cm³/mol. The van der Waals surface area contributed by atoms with Crippen LogP contribution >= 0.6 is 0 Å². The number of carbonyl (C=O) groups excluding carboxylic acids is 2. The molecule has 0 aromatic carbocycles. The summed E-state index contributed by atoms with van der Waals surface area (Å²) in [4.78, 5) is 43.6. The third kappa shape index (κ3) is 6.54. The second-order valence-electron chi connectivity index (χ2n) is 21.0. The number of hydrogen-bond acceptors (Lipinski definition) is 7. The number of fused-ring (bicyclic) bond motifs is 7. The first-order chi connectivity index (χ1) is 23.9. The smallest absolute Gasteiger partial charge is 0.309 e. The Morgan fingerprint density at radius 3 is 2.12 bits per heavy atom. The van der Waals surface area contributed by atoms with Crippen molar-refractivity contribution in [2.24, 2.45) is 56.2 Å². The number of esters is 1. The number of Topliss-reactive ketones (excluding diaryl/α,β-unsaturated/α-hetero) is 1. The van der Waals surface area contributed by atoms with Gasteiger partial charge in [-0.2, -0.15) is 0 Å². The van der Waals surface area contributed by atoms with Crippen LogP contribution in [-0.2, 0) is 19.1 Å². The highest BCUT2D eigenvalue weighted by Crippen LogP contribution is 2.77. The molecule has 2 unspecified atom stereocenters. The van der Waals surface area contributed by atoms with Crippen LogP contribution in [0.15, 0.2) is 11.1 Å². The number of aliphatic hydroxyl groups excluding tert-OH is 1. The summed E-state index contributed by atoms with van der Waals surface area (Å²) in [5, 5.41) is 22.0. The lowest BCUT2D eigenvalue weighted by Crippen LogP contribution is -2.66. The van der Waals surface area contributed by atoms with Crippen molar-refractivity contribution in [2.75, 3.05) is 33.7 Å². The molecule has 0 heterocycles. The molecule has 0 amide bonds. The number of aliphatic hydroxyl groups is 1. The molecule has 8 nitrogen and oxygen atoms in total. The summed E-state index contributed by atoms with van der Waals surface area (Å²) in [5.74, 6) is 0.158. The number of carboxylic acids is 1. The molecule has 2 N–H and O–H groups in total. The SMILES string of the molecule is CC(C)C1=C2[C@H]3CCC4[C@@]5(C)CC[C@H](OC(=O)CC(C)(C)C(=O)O)C(C)(C)C5CC[C@@]4(C)[C@]3(C)CC[C@@]2([C@H](O)CN(CCN(C)C)C(C)C)CC1=O. The normalized spacial score (nSPS) is 37.9. The van der Waals surface area contributed by atoms with Crippen molar-refractivity contribution in [1.82, 2.24) is 9.80 Å². The van der Waals surface area contributed by atoms with E-state index >= 15 is 0 Å². The molecule has 0 spiro atoms. The minimum Gasteiger partial charge on any atom is -0.481 e. The van der Waals surface area contributed by atoms with Crippen molar-refractivity contribution in [2.45, 2.75) is 159 Å². The van der Waals surface area contributed by atoms with E-state index in [2.05, 4.69) is 86.2 Å². The van der Waals surface area contributed by atoms with Gasteiger partial charge in [0.05, 0.1) is 17.9 Å². The monoisotopic (exact) mass is 727 g/mol. The Bertz CT molecular complexity index is 1430. The summed E-state index contributed by atoms with van der Waals surface area (Å²) in [7, 11) is 4.19. The van der Waals surface area contributed by atoms with Crippen LogP contribution in [0.2, 0.25) is 0 Å². The van der Waals surface area contributed by atoms with E-state index in [9.17, 15) is 24.6 Å². The molecule has 9 atom stereocenters. The number of aliphatic carboxylic acids is 1. The molecule has 52 heavy (non-hydrogen) atoms. The molecule has 0 saturated heterocycles. The maximum atomic E-state index is 14.1. The third-order valence-electron chi connectivity index (χ3n) is 16.5. The Labute approximate surface area is 315 Å². The molecule has 4 saturated carbocycles. The summed E-state index contributed by atoms with van der Waals surface area (Å²) in [6, 6.07) is 0.304. The number of hydrogen-bond donors (Lipinski definition) is 2. The zero-order valence-electron chi connectivity index (χ0n) is 35.2. The molecule has 5 aliphatic rings. The van der Waals surface area contributed by atoms with Gasteiger partial charge in [-0.1, -0.05) is 54.0 Å². The quantitative estimate of drug-likeness (QED) is 0.195.